The van der Waals surface area contributed by atoms with Gasteiger partial charge in [-0.05, 0) is 19.8 Å². The van der Waals surface area contributed by atoms with Gasteiger partial charge in [-0.25, -0.2) is 4.98 Å². The molecule has 86 valence electrons. The molecular weight excluding hydrogens is 208 g/mol. The summed E-state index contributed by atoms with van der Waals surface area (Å²) in [5.74, 6) is 0.606. The quantitative estimate of drug-likeness (QED) is 0.760. The number of hydrogen-bond donors (Lipinski definition) is 1. The summed E-state index contributed by atoms with van der Waals surface area (Å²) in [6.45, 7) is 10.8. The average Bonchev–Trinajstić information content (AvgIpc) is 2.45. The summed E-state index contributed by atoms with van der Waals surface area (Å²) in [4.78, 5) is 5.67. The fraction of sp³-hybridized carbons (Fsp3) is 0.727. The van der Waals surface area contributed by atoms with Crippen molar-refractivity contribution in [2.75, 3.05) is 25.1 Å². The van der Waals surface area contributed by atoms with E-state index in [9.17, 15) is 0 Å². The normalized spacial score (nSPS) is 11.0. The molecule has 0 aliphatic carbocycles. The molecule has 15 heavy (non-hydrogen) atoms. The van der Waals surface area contributed by atoms with E-state index < -0.39 is 0 Å². The first-order valence-corrected chi connectivity index (χ1v) is 6.17. The summed E-state index contributed by atoms with van der Waals surface area (Å²) >= 11 is 1.70. The first-order valence-electron chi connectivity index (χ1n) is 5.35. The van der Waals surface area contributed by atoms with Crippen molar-refractivity contribution in [2.24, 2.45) is 5.92 Å². The summed E-state index contributed by atoms with van der Waals surface area (Å²) in [5, 5.41) is 4.26. The van der Waals surface area contributed by atoms with Crippen molar-refractivity contribution in [3.63, 3.8) is 0 Å². The van der Waals surface area contributed by atoms with Gasteiger partial charge in [0.25, 0.3) is 0 Å². The second kappa shape index (κ2) is 6.08. The highest BCUT2D eigenvalue weighted by Gasteiger charge is 2.02. The summed E-state index contributed by atoms with van der Waals surface area (Å²) in [7, 11) is 0. The minimum atomic E-state index is 0.606. The molecule has 0 bridgehead atoms. The van der Waals surface area contributed by atoms with Crippen molar-refractivity contribution in [1.82, 2.24) is 4.98 Å². The maximum atomic E-state index is 5.47. The number of anilines is 1. The van der Waals surface area contributed by atoms with Crippen LogP contribution < -0.4 is 5.32 Å². The monoisotopic (exact) mass is 228 g/mol. The van der Waals surface area contributed by atoms with Crippen molar-refractivity contribution < 1.29 is 4.74 Å². The van der Waals surface area contributed by atoms with Crippen LogP contribution in [0.25, 0.3) is 0 Å². The van der Waals surface area contributed by atoms with Crippen LogP contribution in [0.5, 0.6) is 0 Å². The van der Waals surface area contributed by atoms with Gasteiger partial charge in [-0.3, -0.25) is 0 Å². The van der Waals surface area contributed by atoms with Gasteiger partial charge in [-0.15, -0.1) is 11.3 Å². The first kappa shape index (κ1) is 12.5. The molecule has 0 fully saturated rings. The molecule has 4 heteroatoms. The highest BCUT2D eigenvalue weighted by Crippen LogP contribution is 2.20. The van der Waals surface area contributed by atoms with E-state index in [1.165, 1.54) is 4.88 Å². The highest BCUT2D eigenvalue weighted by molar-refractivity contribution is 7.15. The fourth-order valence-corrected chi connectivity index (χ4v) is 1.94. The molecule has 1 rings (SSSR count). The van der Waals surface area contributed by atoms with Crippen LogP contribution in [0.2, 0.25) is 0 Å². The Morgan fingerprint density at radius 2 is 2.13 bits per heavy atom. The van der Waals surface area contributed by atoms with Crippen molar-refractivity contribution in [2.45, 2.75) is 27.7 Å². The zero-order valence-electron chi connectivity index (χ0n) is 9.96. The molecule has 1 aromatic heterocycles. The maximum Gasteiger partial charge on any atom is 0.183 e. The molecule has 0 unspecified atom stereocenters. The predicted octanol–water partition coefficient (Wildman–Crippen LogP) is 2.84. The lowest BCUT2D eigenvalue weighted by molar-refractivity contribution is 0.118. The number of rotatable bonds is 6. The molecule has 0 aliphatic heterocycles. The van der Waals surface area contributed by atoms with Crippen molar-refractivity contribution in [1.29, 1.82) is 0 Å². The van der Waals surface area contributed by atoms with E-state index in [4.69, 9.17) is 4.74 Å². The molecule has 3 nitrogen and oxygen atoms in total. The minimum absolute atomic E-state index is 0.606. The summed E-state index contributed by atoms with van der Waals surface area (Å²) in [6, 6.07) is 0. The van der Waals surface area contributed by atoms with E-state index in [0.29, 0.717) is 5.92 Å². The molecule has 0 amide bonds. The van der Waals surface area contributed by atoms with Crippen LogP contribution in [-0.4, -0.2) is 24.7 Å². The van der Waals surface area contributed by atoms with E-state index in [1.54, 1.807) is 11.3 Å². The molecular formula is C11H20N2OS. The van der Waals surface area contributed by atoms with E-state index in [2.05, 4.69) is 31.1 Å². The Bertz CT molecular complexity index is 277. The number of aryl methyl sites for hydroxylation is 2. The van der Waals surface area contributed by atoms with Gasteiger partial charge >= 0.3 is 0 Å². The molecule has 0 saturated heterocycles. The van der Waals surface area contributed by atoms with E-state index in [0.717, 1.165) is 30.6 Å². The van der Waals surface area contributed by atoms with Gasteiger partial charge in [0, 0.05) is 18.0 Å². The number of thiazole rings is 1. The third-order valence-electron chi connectivity index (χ3n) is 2.00. The van der Waals surface area contributed by atoms with Crippen LogP contribution in [0.3, 0.4) is 0 Å². The van der Waals surface area contributed by atoms with Crippen LogP contribution in [0.1, 0.15) is 24.4 Å². The number of aromatic nitrogens is 1. The number of nitrogens with zero attached hydrogens (tertiary/aromatic N) is 1. The molecule has 1 N–H and O–H groups in total. The van der Waals surface area contributed by atoms with Crippen molar-refractivity contribution >= 4 is 16.5 Å². The zero-order valence-corrected chi connectivity index (χ0v) is 10.8. The Morgan fingerprint density at radius 1 is 1.40 bits per heavy atom. The standard InChI is InChI=1S/C11H20N2OS/c1-8(2)7-14-6-5-12-11-13-9(3)10(4)15-11/h8H,5-7H2,1-4H3,(H,12,13). The SMILES string of the molecule is Cc1nc(NCCOCC(C)C)sc1C. The zero-order chi connectivity index (χ0) is 11.3. The van der Waals surface area contributed by atoms with Crippen LogP contribution in [0, 0.1) is 19.8 Å². The minimum Gasteiger partial charge on any atom is -0.379 e. The molecule has 0 spiro atoms. The number of hydrogen-bond acceptors (Lipinski definition) is 4. The fourth-order valence-electron chi connectivity index (χ4n) is 1.10. The third-order valence-corrected chi connectivity index (χ3v) is 3.03. The van der Waals surface area contributed by atoms with Gasteiger partial charge in [0.15, 0.2) is 5.13 Å². The number of ether oxygens (including phenoxy) is 1. The van der Waals surface area contributed by atoms with E-state index >= 15 is 0 Å². The van der Waals surface area contributed by atoms with Gasteiger partial charge in [-0.1, -0.05) is 13.8 Å². The lowest BCUT2D eigenvalue weighted by atomic mass is 10.2. The topological polar surface area (TPSA) is 34.2 Å². The third kappa shape index (κ3) is 4.62. The molecule has 0 saturated carbocycles. The second-order valence-corrected chi connectivity index (χ2v) is 5.26. The summed E-state index contributed by atoms with van der Waals surface area (Å²) < 4.78 is 5.47. The van der Waals surface area contributed by atoms with Crippen molar-refractivity contribution in [3.8, 4) is 0 Å². The molecule has 1 aromatic rings. The molecule has 0 aromatic carbocycles. The van der Waals surface area contributed by atoms with Gasteiger partial charge in [0.1, 0.15) is 0 Å². The van der Waals surface area contributed by atoms with E-state index in [1.807, 2.05) is 6.92 Å². The maximum absolute atomic E-state index is 5.47. The van der Waals surface area contributed by atoms with E-state index in [-0.39, 0.29) is 0 Å². The summed E-state index contributed by atoms with van der Waals surface area (Å²) in [6.07, 6.45) is 0. The van der Waals surface area contributed by atoms with Crippen LogP contribution in [0.15, 0.2) is 0 Å². The van der Waals surface area contributed by atoms with Gasteiger partial charge in [-0.2, -0.15) is 0 Å². The van der Waals surface area contributed by atoms with Crippen LogP contribution >= 0.6 is 11.3 Å². The molecule has 0 atom stereocenters. The van der Waals surface area contributed by atoms with Crippen LogP contribution in [-0.2, 0) is 4.74 Å². The van der Waals surface area contributed by atoms with Crippen LogP contribution in [0.4, 0.5) is 5.13 Å². The Balaban J connectivity index is 2.15. The molecule has 0 radical (unpaired) electrons. The molecule has 0 aliphatic rings. The Morgan fingerprint density at radius 3 is 2.67 bits per heavy atom. The Hall–Kier alpha value is -0.610. The first-order chi connectivity index (χ1) is 7.09. The Labute approximate surface area is 95.9 Å². The smallest absolute Gasteiger partial charge is 0.183 e. The van der Waals surface area contributed by atoms with Crippen molar-refractivity contribution in [3.05, 3.63) is 10.6 Å². The largest absolute Gasteiger partial charge is 0.379 e. The molecule has 1 heterocycles. The summed E-state index contributed by atoms with van der Waals surface area (Å²) in [5.41, 5.74) is 1.12. The number of nitrogens with one attached hydrogen (secondary N) is 1. The van der Waals surface area contributed by atoms with Gasteiger partial charge in [0.05, 0.1) is 12.3 Å². The highest BCUT2D eigenvalue weighted by atomic mass is 32.1. The average molecular weight is 228 g/mol. The predicted molar refractivity (Wildman–Crippen MR) is 65.7 cm³/mol. The lowest BCUT2D eigenvalue weighted by Crippen LogP contribution is -2.11. The Kier molecular flexibility index (Phi) is 5.05. The van der Waals surface area contributed by atoms with Gasteiger partial charge < -0.3 is 10.1 Å². The van der Waals surface area contributed by atoms with Gasteiger partial charge in [0.2, 0.25) is 0 Å². The lowest BCUT2D eigenvalue weighted by Gasteiger charge is -2.06. The second-order valence-electron chi connectivity index (χ2n) is 4.06.